The number of imidazole rings is 1. The summed E-state index contributed by atoms with van der Waals surface area (Å²) in [6, 6.07) is 9.32. The van der Waals surface area contributed by atoms with E-state index in [4.69, 9.17) is 14.2 Å². The smallest absolute Gasteiger partial charge is 0.257 e. The highest BCUT2D eigenvalue weighted by molar-refractivity contribution is 6.00. The van der Waals surface area contributed by atoms with Gasteiger partial charge in [0.2, 0.25) is 11.8 Å². The molecule has 0 spiro atoms. The lowest BCUT2D eigenvalue weighted by Gasteiger charge is -2.30. The van der Waals surface area contributed by atoms with Gasteiger partial charge in [0.25, 0.3) is 5.91 Å². The molecular weight excluding hydrogens is 550 g/mol. The number of likely N-dealkylation sites (tertiary alicyclic amines) is 1. The lowest BCUT2D eigenvalue weighted by Crippen LogP contribution is -2.42. The van der Waals surface area contributed by atoms with Crippen LogP contribution in [0.1, 0.15) is 46.8 Å². The minimum absolute atomic E-state index is 0.0559. The van der Waals surface area contributed by atoms with Gasteiger partial charge in [-0.1, -0.05) is 6.07 Å². The van der Waals surface area contributed by atoms with Crippen LogP contribution in [0.2, 0.25) is 0 Å². The van der Waals surface area contributed by atoms with Gasteiger partial charge < -0.3 is 33.7 Å². The molecule has 3 amide bonds. The molecule has 0 saturated carbocycles. The number of amides is 3. The van der Waals surface area contributed by atoms with Crippen molar-refractivity contribution >= 4 is 23.4 Å². The van der Waals surface area contributed by atoms with Gasteiger partial charge in [0.1, 0.15) is 12.3 Å². The number of nitrogens with one attached hydrogen (secondary N) is 1. The lowest BCUT2D eigenvalue weighted by atomic mass is 9.88. The molecule has 2 fully saturated rings. The number of methoxy groups -OCH3 is 1. The van der Waals surface area contributed by atoms with Crippen LogP contribution in [0.15, 0.2) is 42.7 Å². The maximum absolute atomic E-state index is 13.8. The van der Waals surface area contributed by atoms with Crippen LogP contribution in [0, 0.1) is 18.8 Å². The number of aromatic nitrogens is 2. The molecule has 1 aromatic carbocycles. The summed E-state index contributed by atoms with van der Waals surface area (Å²) in [5.74, 6) is 0.249. The Bertz CT molecular complexity index is 1500. The number of pyridine rings is 1. The number of benzene rings is 1. The number of ether oxygens (including phenoxy) is 3. The Morgan fingerprint density at radius 3 is 2.67 bits per heavy atom. The standard InChI is InChI=1S/C32H39N5O6/c1-21-18-36-11-3-5-24(29(36)34-21)32(40)37-19-25-23-6-7-27(41-2)28(17-23)43-16-13-35(31(39)22-8-14-42-15-9-22)12-4-10-33-30(38)26(25)20-37/h3,5-7,11,17-18,22,25-26H,4,8-10,12-16,19-20H2,1-2H3,(H,33,38)/t25-,26+/m1/s1. The van der Waals surface area contributed by atoms with Crippen molar-refractivity contribution in [2.45, 2.75) is 32.1 Å². The van der Waals surface area contributed by atoms with Crippen molar-refractivity contribution in [2.24, 2.45) is 11.8 Å². The SMILES string of the molecule is COc1ccc2cc1OCCN(C(=O)C1CCOCC1)CCCNC(=O)[C@H]1CN(C(=O)c3cccn4cc(C)nc34)C[C@H]21. The van der Waals surface area contributed by atoms with E-state index < -0.39 is 5.92 Å². The van der Waals surface area contributed by atoms with E-state index in [-0.39, 0.29) is 36.1 Å². The zero-order valence-electron chi connectivity index (χ0n) is 24.8. The van der Waals surface area contributed by atoms with Crippen molar-refractivity contribution < 1.29 is 28.6 Å². The molecule has 2 aromatic heterocycles. The van der Waals surface area contributed by atoms with Crippen LogP contribution in [0.25, 0.3) is 5.65 Å². The molecule has 3 aliphatic rings. The number of hydrogen-bond acceptors (Lipinski definition) is 7. The molecule has 2 saturated heterocycles. The first-order valence-electron chi connectivity index (χ1n) is 15.1. The zero-order valence-corrected chi connectivity index (χ0v) is 24.8. The third kappa shape index (κ3) is 6.04. The van der Waals surface area contributed by atoms with Crippen LogP contribution in [-0.2, 0) is 14.3 Å². The van der Waals surface area contributed by atoms with Crippen molar-refractivity contribution in [1.82, 2.24) is 24.5 Å². The Morgan fingerprint density at radius 1 is 1.05 bits per heavy atom. The van der Waals surface area contributed by atoms with E-state index in [0.29, 0.717) is 75.1 Å². The number of rotatable bonds is 3. The molecule has 5 heterocycles. The molecule has 6 rings (SSSR count). The highest BCUT2D eigenvalue weighted by Gasteiger charge is 2.41. The van der Waals surface area contributed by atoms with Crippen LogP contribution in [0.4, 0.5) is 0 Å². The van der Waals surface area contributed by atoms with Gasteiger partial charge in [-0.15, -0.1) is 0 Å². The Kier molecular flexibility index (Phi) is 8.51. The number of aryl methyl sites for hydroxylation is 1. The maximum atomic E-state index is 13.8. The van der Waals surface area contributed by atoms with Crippen LogP contribution in [0.3, 0.4) is 0 Å². The van der Waals surface area contributed by atoms with Crippen LogP contribution < -0.4 is 14.8 Å². The molecule has 0 aliphatic carbocycles. The molecule has 2 bridgehead atoms. The van der Waals surface area contributed by atoms with Gasteiger partial charge in [0, 0.05) is 63.6 Å². The Labute approximate surface area is 251 Å². The molecule has 1 N–H and O–H groups in total. The lowest BCUT2D eigenvalue weighted by molar-refractivity contribution is -0.139. The monoisotopic (exact) mass is 589 g/mol. The van der Waals surface area contributed by atoms with Crippen molar-refractivity contribution in [3.63, 3.8) is 0 Å². The minimum atomic E-state index is -0.450. The van der Waals surface area contributed by atoms with E-state index in [1.54, 1.807) is 18.1 Å². The summed E-state index contributed by atoms with van der Waals surface area (Å²) in [6.45, 7) is 5.47. The fraction of sp³-hybridized carbons (Fsp3) is 0.500. The van der Waals surface area contributed by atoms with Crippen molar-refractivity contribution in [3.05, 3.63) is 59.5 Å². The van der Waals surface area contributed by atoms with E-state index in [0.717, 1.165) is 24.1 Å². The molecule has 11 nitrogen and oxygen atoms in total. The summed E-state index contributed by atoms with van der Waals surface area (Å²) in [4.78, 5) is 49.0. The summed E-state index contributed by atoms with van der Waals surface area (Å²) in [6.07, 6.45) is 5.82. The predicted molar refractivity (Wildman–Crippen MR) is 158 cm³/mol. The Hall–Kier alpha value is -4.12. The Morgan fingerprint density at radius 2 is 1.86 bits per heavy atom. The first-order valence-corrected chi connectivity index (χ1v) is 15.1. The average molecular weight is 590 g/mol. The van der Waals surface area contributed by atoms with Gasteiger partial charge in [-0.3, -0.25) is 14.4 Å². The molecule has 3 aromatic rings. The maximum Gasteiger partial charge on any atom is 0.257 e. The number of nitrogens with zero attached hydrogens (tertiary/aromatic N) is 4. The second kappa shape index (κ2) is 12.6. The fourth-order valence-corrected chi connectivity index (χ4v) is 6.50. The summed E-state index contributed by atoms with van der Waals surface area (Å²) in [5.41, 5.74) is 2.84. The van der Waals surface area contributed by atoms with Gasteiger partial charge in [-0.05, 0) is 56.0 Å². The normalized spacial score (nSPS) is 22.0. The van der Waals surface area contributed by atoms with E-state index >= 15 is 0 Å². The first-order chi connectivity index (χ1) is 20.9. The van der Waals surface area contributed by atoms with Gasteiger partial charge in [-0.25, -0.2) is 4.98 Å². The third-order valence-corrected chi connectivity index (χ3v) is 8.80. The van der Waals surface area contributed by atoms with Crippen molar-refractivity contribution in [3.8, 4) is 11.5 Å². The molecule has 2 atom stereocenters. The molecular formula is C32H39N5O6. The number of fused-ring (bicyclic) bond motifs is 5. The summed E-state index contributed by atoms with van der Waals surface area (Å²) in [7, 11) is 1.59. The van der Waals surface area contributed by atoms with E-state index in [1.165, 1.54) is 0 Å². The average Bonchev–Trinajstić information content (AvgIpc) is 3.65. The molecule has 43 heavy (non-hydrogen) atoms. The third-order valence-electron chi connectivity index (χ3n) is 8.80. The highest BCUT2D eigenvalue weighted by atomic mass is 16.5. The topological polar surface area (TPSA) is 115 Å². The Balaban J connectivity index is 1.26. The highest BCUT2D eigenvalue weighted by Crippen LogP contribution is 2.38. The van der Waals surface area contributed by atoms with E-state index in [1.807, 2.05) is 52.9 Å². The second-order valence-corrected chi connectivity index (χ2v) is 11.6. The quantitative estimate of drug-likeness (QED) is 0.500. The molecule has 3 aliphatic heterocycles. The van der Waals surface area contributed by atoms with Crippen LogP contribution in [-0.4, -0.2) is 96.6 Å². The number of carbonyl (C=O) groups is 3. The first kappa shape index (κ1) is 29.0. The number of hydrogen-bond donors (Lipinski definition) is 1. The number of carbonyl (C=O) groups excluding carboxylic acids is 3. The van der Waals surface area contributed by atoms with Gasteiger partial charge >= 0.3 is 0 Å². The second-order valence-electron chi connectivity index (χ2n) is 11.6. The van der Waals surface area contributed by atoms with Crippen LogP contribution >= 0.6 is 0 Å². The summed E-state index contributed by atoms with van der Waals surface area (Å²) >= 11 is 0. The largest absolute Gasteiger partial charge is 0.493 e. The van der Waals surface area contributed by atoms with E-state index in [9.17, 15) is 14.4 Å². The van der Waals surface area contributed by atoms with Crippen molar-refractivity contribution in [1.29, 1.82) is 0 Å². The molecule has 0 unspecified atom stereocenters. The van der Waals surface area contributed by atoms with Gasteiger partial charge in [0.15, 0.2) is 11.5 Å². The van der Waals surface area contributed by atoms with Gasteiger partial charge in [-0.2, -0.15) is 0 Å². The zero-order chi connectivity index (χ0) is 29.9. The van der Waals surface area contributed by atoms with Crippen LogP contribution in [0.5, 0.6) is 11.5 Å². The van der Waals surface area contributed by atoms with Crippen molar-refractivity contribution in [2.75, 3.05) is 59.7 Å². The molecule has 0 radical (unpaired) electrons. The summed E-state index contributed by atoms with van der Waals surface area (Å²) in [5, 5.41) is 3.10. The minimum Gasteiger partial charge on any atom is -0.493 e. The molecule has 228 valence electrons. The predicted octanol–water partition coefficient (Wildman–Crippen LogP) is 2.66. The fourth-order valence-electron chi connectivity index (χ4n) is 6.50. The van der Waals surface area contributed by atoms with E-state index in [2.05, 4.69) is 10.3 Å². The molecule has 11 heteroatoms. The summed E-state index contributed by atoms with van der Waals surface area (Å²) < 4.78 is 19.1. The van der Waals surface area contributed by atoms with Gasteiger partial charge in [0.05, 0.1) is 30.8 Å².